The molecule has 0 fully saturated rings. The van der Waals surface area contributed by atoms with Gasteiger partial charge in [-0.05, 0) is 11.6 Å². The molecule has 0 N–H and O–H groups in total. The van der Waals surface area contributed by atoms with Crippen molar-refractivity contribution in [2.75, 3.05) is 12.4 Å². The highest BCUT2D eigenvalue weighted by Crippen LogP contribution is 2.20. The number of methoxy groups -OCH3 is 1. The predicted molar refractivity (Wildman–Crippen MR) is 67.3 cm³/mol. The maximum atomic E-state index is 11.5. The van der Waals surface area contributed by atoms with E-state index in [1.807, 2.05) is 0 Å². The number of hydrogen-bond donors (Lipinski definition) is 0. The molecule has 1 aromatic rings. The molecule has 5 nitrogen and oxygen atoms in total. The van der Waals surface area contributed by atoms with Gasteiger partial charge in [0.05, 0.1) is 17.6 Å². The molecule has 0 saturated heterocycles. The summed E-state index contributed by atoms with van der Waals surface area (Å²) in [7, 11) is 1.24. The fourth-order valence-electron chi connectivity index (χ4n) is 1.26. The SMILES string of the molecule is COC(=O)c1cc([N+](=O)[O-])ccc1C=CCBr. The van der Waals surface area contributed by atoms with Crippen molar-refractivity contribution in [3.8, 4) is 0 Å². The second-order valence-electron chi connectivity index (χ2n) is 3.08. The van der Waals surface area contributed by atoms with Gasteiger partial charge in [0.2, 0.25) is 0 Å². The third kappa shape index (κ3) is 3.39. The van der Waals surface area contributed by atoms with Gasteiger partial charge in [0, 0.05) is 17.5 Å². The van der Waals surface area contributed by atoms with Gasteiger partial charge in [0.1, 0.15) is 0 Å². The van der Waals surface area contributed by atoms with E-state index in [0.717, 1.165) is 0 Å². The number of benzene rings is 1. The van der Waals surface area contributed by atoms with Crippen molar-refractivity contribution in [1.82, 2.24) is 0 Å². The number of allylic oxidation sites excluding steroid dienone is 1. The van der Waals surface area contributed by atoms with E-state index < -0.39 is 10.9 Å². The summed E-state index contributed by atoms with van der Waals surface area (Å²) in [6, 6.07) is 4.07. The van der Waals surface area contributed by atoms with Crippen LogP contribution >= 0.6 is 15.9 Å². The Morgan fingerprint density at radius 2 is 2.29 bits per heavy atom. The van der Waals surface area contributed by atoms with Crippen molar-refractivity contribution in [2.24, 2.45) is 0 Å². The lowest BCUT2D eigenvalue weighted by atomic mass is 10.1. The molecule has 6 heteroatoms. The fraction of sp³-hybridized carbons (Fsp3) is 0.182. The van der Waals surface area contributed by atoms with E-state index in [4.69, 9.17) is 0 Å². The molecular formula is C11H10BrNO4. The molecule has 0 aliphatic carbocycles. The first kappa shape index (κ1) is 13.4. The molecule has 0 aromatic heterocycles. The van der Waals surface area contributed by atoms with Crippen LogP contribution in [0.15, 0.2) is 24.3 Å². The molecule has 0 aliphatic rings. The first-order chi connectivity index (χ1) is 8.10. The number of ether oxygens (including phenoxy) is 1. The van der Waals surface area contributed by atoms with E-state index in [9.17, 15) is 14.9 Å². The number of nitro benzene ring substituents is 1. The summed E-state index contributed by atoms with van der Waals surface area (Å²) in [5.41, 5.74) is 0.627. The summed E-state index contributed by atoms with van der Waals surface area (Å²) < 4.78 is 4.58. The van der Waals surface area contributed by atoms with Crippen LogP contribution in [0.3, 0.4) is 0 Å². The van der Waals surface area contributed by atoms with Crippen molar-refractivity contribution in [2.45, 2.75) is 0 Å². The van der Waals surface area contributed by atoms with E-state index in [2.05, 4.69) is 20.7 Å². The molecule has 0 spiro atoms. The lowest BCUT2D eigenvalue weighted by Crippen LogP contribution is -2.04. The number of nitro groups is 1. The Hall–Kier alpha value is -1.69. The number of carbonyl (C=O) groups is 1. The first-order valence-electron chi connectivity index (χ1n) is 4.69. The van der Waals surface area contributed by atoms with Crippen LogP contribution in [0.4, 0.5) is 5.69 Å². The minimum absolute atomic E-state index is 0.138. The molecule has 90 valence electrons. The third-order valence-corrected chi connectivity index (χ3v) is 2.41. The highest BCUT2D eigenvalue weighted by atomic mass is 79.9. The van der Waals surface area contributed by atoms with Crippen LogP contribution in [0.2, 0.25) is 0 Å². The second kappa shape index (κ2) is 6.15. The monoisotopic (exact) mass is 299 g/mol. The van der Waals surface area contributed by atoms with Gasteiger partial charge in [-0.3, -0.25) is 10.1 Å². The predicted octanol–water partition coefficient (Wildman–Crippen LogP) is 2.79. The second-order valence-corrected chi connectivity index (χ2v) is 3.72. The zero-order valence-electron chi connectivity index (χ0n) is 9.05. The van der Waals surface area contributed by atoms with E-state index in [1.54, 1.807) is 12.2 Å². The van der Waals surface area contributed by atoms with Crippen molar-refractivity contribution in [3.05, 3.63) is 45.5 Å². The van der Waals surface area contributed by atoms with E-state index in [1.165, 1.54) is 25.3 Å². The first-order valence-corrected chi connectivity index (χ1v) is 5.81. The molecule has 0 amide bonds. The van der Waals surface area contributed by atoms with Crippen LogP contribution < -0.4 is 0 Å². The molecule has 0 atom stereocenters. The van der Waals surface area contributed by atoms with Gasteiger partial charge in [0.15, 0.2) is 0 Å². The van der Waals surface area contributed by atoms with Gasteiger partial charge in [-0.1, -0.05) is 28.1 Å². The van der Waals surface area contributed by atoms with Gasteiger partial charge < -0.3 is 4.74 Å². The normalized spacial score (nSPS) is 10.5. The number of alkyl halides is 1. The number of nitrogens with zero attached hydrogens (tertiary/aromatic N) is 1. The Balaban J connectivity index is 3.26. The Kier molecular flexibility index (Phi) is 4.84. The average molecular weight is 300 g/mol. The zero-order chi connectivity index (χ0) is 12.8. The van der Waals surface area contributed by atoms with E-state index in [-0.39, 0.29) is 11.3 Å². The largest absolute Gasteiger partial charge is 0.465 e. The Bertz CT molecular complexity index is 471. The summed E-state index contributed by atoms with van der Waals surface area (Å²) in [4.78, 5) is 21.5. The average Bonchev–Trinajstić information content (AvgIpc) is 2.35. The van der Waals surface area contributed by atoms with Crippen LogP contribution in [-0.4, -0.2) is 23.3 Å². The molecule has 0 saturated carbocycles. The van der Waals surface area contributed by atoms with Crippen LogP contribution in [0, 0.1) is 10.1 Å². The van der Waals surface area contributed by atoms with Gasteiger partial charge in [-0.2, -0.15) is 0 Å². The van der Waals surface area contributed by atoms with Crippen LogP contribution in [0.25, 0.3) is 6.08 Å². The van der Waals surface area contributed by atoms with Gasteiger partial charge in [-0.15, -0.1) is 0 Å². The molecule has 1 aromatic carbocycles. The minimum atomic E-state index is -0.595. The summed E-state index contributed by atoms with van der Waals surface area (Å²) in [5, 5.41) is 11.2. The number of carbonyl (C=O) groups excluding carboxylic acids is 1. The molecule has 0 bridgehead atoms. The highest BCUT2D eigenvalue weighted by Gasteiger charge is 2.15. The van der Waals surface area contributed by atoms with Crippen molar-refractivity contribution in [3.63, 3.8) is 0 Å². The highest BCUT2D eigenvalue weighted by molar-refractivity contribution is 9.09. The standard InChI is InChI=1S/C11H10BrNO4/c1-17-11(14)10-7-9(13(15)16)5-4-8(10)3-2-6-12/h2-5,7H,6H2,1H3. The van der Waals surface area contributed by atoms with Gasteiger partial charge in [0.25, 0.3) is 5.69 Å². The number of non-ortho nitro benzene ring substituents is 1. The fourth-order valence-corrected chi connectivity index (χ4v) is 1.45. The lowest BCUT2D eigenvalue weighted by Gasteiger charge is -2.03. The Morgan fingerprint density at radius 3 is 2.82 bits per heavy atom. The Labute approximate surface area is 106 Å². The van der Waals surface area contributed by atoms with Crippen molar-refractivity contribution < 1.29 is 14.5 Å². The molecule has 0 unspecified atom stereocenters. The van der Waals surface area contributed by atoms with Gasteiger partial charge >= 0.3 is 5.97 Å². The van der Waals surface area contributed by atoms with Crippen LogP contribution in [0.1, 0.15) is 15.9 Å². The van der Waals surface area contributed by atoms with Crippen molar-refractivity contribution >= 4 is 33.7 Å². The summed E-state index contributed by atoms with van der Waals surface area (Å²) in [6.45, 7) is 0. The molecule has 17 heavy (non-hydrogen) atoms. The topological polar surface area (TPSA) is 69.4 Å². The van der Waals surface area contributed by atoms with Crippen LogP contribution in [-0.2, 0) is 4.74 Å². The van der Waals surface area contributed by atoms with Crippen LogP contribution in [0.5, 0.6) is 0 Å². The molecule has 0 heterocycles. The van der Waals surface area contributed by atoms with Crippen molar-refractivity contribution in [1.29, 1.82) is 0 Å². The quantitative estimate of drug-likeness (QED) is 0.371. The Morgan fingerprint density at radius 1 is 1.59 bits per heavy atom. The molecule has 0 radical (unpaired) electrons. The summed E-state index contributed by atoms with van der Waals surface area (Å²) >= 11 is 3.21. The third-order valence-electron chi connectivity index (χ3n) is 2.04. The number of hydrogen-bond acceptors (Lipinski definition) is 4. The number of esters is 1. The maximum absolute atomic E-state index is 11.5. The lowest BCUT2D eigenvalue weighted by molar-refractivity contribution is -0.384. The minimum Gasteiger partial charge on any atom is -0.465 e. The molecular weight excluding hydrogens is 290 g/mol. The zero-order valence-corrected chi connectivity index (χ0v) is 10.6. The summed E-state index contributed by atoms with van der Waals surface area (Å²) in [6.07, 6.45) is 3.48. The van der Waals surface area contributed by atoms with E-state index >= 15 is 0 Å². The van der Waals surface area contributed by atoms with Gasteiger partial charge in [-0.25, -0.2) is 4.79 Å². The smallest absolute Gasteiger partial charge is 0.338 e. The number of rotatable bonds is 4. The summed E-state index contributed by atoms with van der Waals surface area (Å²) in [5.74, 6) is -0.595. The number of halogens is 1. The molecule has 0 aliphatic heterocycles. The maximum Gasteiger partial charge on any atom is 0.338 e. The van der Waals surface area contributed by atoms with E-state index in [0.29, 0.717) is 10.9 Å². The molecule has 1 rings (SSSR count).